The van der Waals surface area contributed by atoms with Gasteiger partial charge in [0.15, 0.2) is 0 Å². The molecule has 0 aliphatic heterocycles. The number of halogens is 1. The summed E-state index contributed by atoms with van der Waals surface area (Å²) < 4.78 is 13.6. The first kappa shape index (κ1) is 14.7. The van der Waals surface area contributed by atoms with E-state index in [0.29, 0.717) is 12.1 Å². The molecule has 0 fully saturated rings. The van der Waals surface area contributed by atoms with Gasteiger partial charge in [0, 0.05) is 23.0 Å². The van der Waals surface area contributed by atoms with Crippen molar-refractivity contribution in [3.63, 3.8) is 0 Å². The maximum absolute atomic E-state index is 13.6. The summed E-state index contributed by atoms with van der Waals surface area (Å²) in [6.07, 6.45) is 0.873. The second-order valence-electron chi connectivity index (χ2n) is 4.68. The van der Waals surface area contributed by atoms with Crippen LogP contribution in [0, 0.1) is 5.82 Å². The van der Waals surface area contributed by atoms with Gasteiger partial charge in [0.25, 0.3) is 0 Å². The molecule has 0 aliphatic rings. The van der Waals surface area contributed by atoms with Gasteiger partial charge in [-0.1, -0.05) is 6.07 Å². The molecule has 2 aromatic rings. The zero-order valence-corrected chi connectivity index (χ0v) is 11.9. The fourth-order valence-corrected chi connectivity index (χ4v) is 2.77. The summed E-state index contributed by atoms with van der Waals surface area (Å²) in [6, 6.07) is 8.11. The Labute approximate surface area is 121 Å². The standard InChI is InChI=1S/C15H16FNO2S/c1-10(7-13-3-2-6-20-13)17-9-12-8-11(15(18)19)4-5-14(12)16/h2-6,8,10,17H,7,9H2,1H3,(H,18,19). The Morgan fingerprint density at radius 1 is 1.45 bits per heavy atom. The molecular weight excluding hydrogens is 277 g/mol. The van der Waals surface area contributed by atoms with Crippen molar-refractivity contribution >= 4 is 17.3 Å². The van der Waals surface area contributed by atoms with Crippen molar-refractivity contribution in [1.29, 1.82) is 0 Å². The molecule has 0 bridgehead atoms. The monoisotopic (exact) mass is 293 g/mol. The number of nitrogens with one attached hydrogen (secondary N) is 1. The van der Waals surface area contributed by atoms with Crippen LogP contribution in [-0.4, -0.2) is 17.1 Å². The van der Waals surface area contributed by atoms with Gasteiger partial charge in [-0.3, -0.25) is 0 Å². The third-order valence-electron chi connectivity index (χ3n) is 3.02. The van der Waals surface area contributed by atoms with Gasteiger partial charge in [0.05, 0.1) is 5.56 Å². The number of benzene rings is 1. The highest BCUT2D eigenvalue weighted by Gasteiger charge is 2.10. The molecule has 2 rings (SSSR count). The zero-order valence-electron chi connectivity index (χ0n) is 11.1. The average molecular weight is 293 g/mol. The van der Waals surface area contributed by atoms with E-state index in [1.165, 1.54) is 23.1 Å². The van der Waals surface area contributed by atoms with E-state index in [-0.39, 0.29) is 17.4 Å². The summed E-state index contributed by atoms with van der Waals surface area (Å²) in [5.74, 6) is -1.43. The lowest BCUT2D eigenvalue weighted by Crippen LogP contribution is -2.27. The number of carboxylic acids is 1. The van der Waals surface area contributed by atoms with Crippen LogP contribution >= 0.6 is 11.3 Å². The number of hydrogen-bond donors (Lipinski definition) is 2. The van der Waals surface area contributed by atoms with Crippen molar-refractivity contribution in [3.8, 4) is 0 Å². The molecule has 106 valence electrons. The number of thiophene rings is 1. The summed E-state index contributed by atoms with van der Waals surface area (Å²) in [4.78, 5) is 12.1. The molecule has 0 aliphatic carbocycles. The van der Waals surface area contributed by atoms with E-state index in [2.05, 4.69) is 11.4 Å². The number of aromatic carboxylic acids is 1. The molecule has 0 spiro atoms. The first-order valence-electron chi connectivity index (χ1n) is 6.33. The minimum absolute atomic E-state index is 0.106. The van der Waals surface area contributed by atoms with Crippen LogP contribution < -0.4 is 5.32 Å². The molecule has 0 radical (unpaired) electrons. The van der Waals surface area contributed by atoms with Gasteiger partial charge in [0.1, 0.15) is 5.82 Å². The molecule has 3 nitrogen and oxygen atoms in total. The number of carbonyl (C=O) groups is 1. The second-order valence-corrected chi connectivity index (χ2v) is 5.71. The van der Waals surface area contributed by atoms with Gasteiger partial charge in [0.2, 0.25) is 0 Å². The molecule has 1 atom stereocenters. The Bertz CT molecular complexity index is 584. The van der Waals surface area contributed by atoms with Crippen LogP contribution in [0.2, 0.25) is 0 Å². The molecule has 0 amide bonds. The summed E-state index contributed by atoms with van der Waals surface area (Å²) >= 11 is 1.69. The summed E-state index contributed by atoms with van der Waals surface area (Å²) in [6.45, 7) is 2.35. The maximum atomic E-state index is 13.6. The van der Waals surface area contributed by atoms with Crippen LogP contribution in [0.3, 0.4) is 0 Å². The molecular formula is C15H16FNO2S. The zero-order chi connectivity index (χ0) is 14.5. The van der Waals surface area contributed by atoms with Crippen LogP contribution in [0.5, 0.6) is 0 Å². The highest BCUT2D eigenvalue weighted by atomic mass is 32.1. The van der Waals surface area contributed by atoms with Crippen molar-refractivity contribution in [3.05, 3.63) is 57.5 Å². The molecule has 2 N–H and O–H groups in total. The lowest BCUT2D eigenvalue weighted by molar-refractivity contribution is 0.0696. The molecule has 0 saturated heterocycles. The third kappa shape index (κ3) is 3.88. The summed E-state index contributed by atoms with van der Waals surface area (Å²) in [7, 11) is 0. The molecule has 1 aromatic carbocycles. The van der Waals surface area contributed by atoms with Gasteiger partial charge >= 0.3 is 5.97 Å². The highest BCUT2D eigenvalue weighted by molar-refractivity contribution is 7.09. The number of hydrogen-bond acceptors (Lipinski definition) is 3. The van der Waals surface area contributed by atoms with E-state index in [1.807, 2.05) is 18.4 Å². The lowest BCUT2D eigenvalue weighted by Gasteiger charge is -2.13. The smallest absolute Gasteiger partial charge is 0.335 e. The van der Waals surface area contributed by atoms with Crippen LogP contribution in [0.4, 0.5) is 4.39 Å². The Kier molecular flexibility index (Phi) is 4.87. The quantitative estimate of drug-likeness (QED) is 0.859. The van der Waals surface area contributed by atoms with Crippen LogP contribution in [0.1, 0.15) is 27.7 Å². The maximum Gasteiger partial charge on any atom is 0.335 e. The van der Waals surface area contributed by atoms with E-state index in [1.54, 1.807) is 11.3 Å². The van der Waals surface area contributed by atoms with Crippen LogP contribution in [0.15, 0.2) is 35.7 Å². The van der Waals surface area contributed by atoms with Crippen molar-refractivity contribution in [2.75, 3.05) is 0 Å². The second kappa shape index (κ2) is 6.63. The minimum Gasteiger partial charge on any atom is -0.478 e. The number of carboxylic acid groups (broad SMARTS) is 1. The SMILES string of the molecule is CC(Cc1cccs1)NCc1cc(C(=O)O)ccc1F. The average Bonchev–Trinajstić information content (AvgIpc) is 2.90. The molecule has 20 heavy (non-hydrogen) atoms. The van der Waals surface area contributed by atoms with Gasteiger partial charge in [-0.15, -0.1) is 11.3 Å². The summed E-state index contributed by atoms with van der Waals surface area (Å²) in [5.41, 5.74) is 0.483. The summed E-state index contributed by atoms with van der Waals surface area (Å²) in [5, 5.41) is 14.2. The van der Waals surface area contributed by atoms with Crippen molar-refractivity contribution in [2.45, 2.75) is 25.9 Å². The van der Waals surface area contributed by atoms with E-state index in [9.17, 15) is 9.18 Å². The molecule has 1 aromatic heterocycles. The molecule has 1 heterocycles. The lowest BCUT2D eigenvalue weighted by atomic mass is 10.1. The van der Waals surface area contributed by atoms with Crippen LogP contribution in [-0.2, 0) is 13.0 Å². The molecule has 5 heteroatoms. The first-order valence-corrected chi connectivity index (χ1v) is 7.21. The minimum atomic E-state index is -1.04. The van der Waals surface area contributed by atoms with Gasteiger partial charge < -0.3 is 10.4 Å². The predicted octanol–water partition coefficient (Wildman–Crippen LogP) is 3.31. The third-order valence-corrected chi connectivity index (χ3v) is 3.92. The Hall–Kier alpha value is -1.72. The normalized spacial score (nSPS) is 12.3. The first-order chi connectivity index (χ1) is 9.56. The van der Waals surface area contributed by atoms with Gasteiger partial charge in [-0.25, -0.2) is 9.18 Å². The van der Waals surface area contributed by atoms with E-state index in [4.69, 9.17) is 5.11 Å². The highest BCUT2D eigenvalue weighted by Crippen LogP contribution is 2.13. The van der Waals surface area contributed by atoms with Crippen molar-refractivity contribution in [1.82, 2.24) is 5.32 Å². The van der Waals surface area contributed by atoms with Crippen LogP contribution in [0.25, 0.3) is 0 Å². The van der Waals surface area contributed by atoms with E-state index >= 15 is 0 Å². The van der Waals surface area contributed by atoms with Gasteiger partial charge in [-0.05, 0) is 43.0 Å². The van der Waals surface area contributed by atoms with Crippen molar-refractivity contribution < 1.29 is 14.3 Å². The van der Waals surface area contributed by atoms with Gasteiger partial charge in [-0.2, -0.15) is 0 Å². The van der Waals surface area contributed by atoms with E-state index < -0.39 is 5.97 Å². The molecule has 1 unspecified atom stereocenters. The predicted molar refractivity (Wildman–Crippen MR) is 77.7 cm³/mol. The Morgan fingerprint density at radius 3 is 2.90 bits per heavy atom. The topological polar surface area (TPSA) is 49.3 Å². The Morgan fingerprint density at radius 2 is 2.25 bits per heavy atom. The fraction of sp³-hybridized carbons (Fsp3) is 0.267. The van der Waals surface area contributed by atoms with Crippen molar-refractivity contribution in [2.24, 2.45) is 0 Å². The molecule has 0 saturated carbocycles. The Balaban J connectivity index is 1.96. The number of rotatable bonds is 6. The van der Waals surface area contributed by atoms with E-state index in [0.717, 1.165) is 6.42 Å². The fourth-order valence-electron chi connectivity index (χ4n) is 1.93. The largest absolute Gasteiger partial charge is 0.478 e.